The van der Waals surface area contributed by atoms with Crippen LogP contribution in [0.25, 0.3) is 5.57 Å². The van der Waals surface area contributed by atoms with E-state index in [1.54, 1.807) is 52.1 Å². The molecule has 7 nitrogen and oxygen atoms in total. The molecule has 2 aliphatic rings. The number of hydrogen-bond donors (Lipinski definition) is 0. The summed E-state index contributed by atoms with van der Waals surface area (Å²) < 4.78 is 7.28. The zero-order chi connectivity index (χ0) is 25.0. The monoisotopic (exact) mass is 507 g/mol. The summed E-state index contributed by atoms with van der Waals surface area (Å²) in [6, 6.07) is 13.6. The highest BCUT2D eigenvalue weighted by atomic mass is 35.5. The molecule has 178 valence electrons. The third kappa shape index (κ3) is 3.73. The molecule has 0 saturated heterocycles. The van der Waals surface area contributed by atoms with Crippen molar-refractivity contribution in [1.29, 1.82) is 0 Å². The van der Waals surface area contributed by atoms with Gasteiger partial charge < -0.3 is 9.64 Å². The average molecular weight is 508 g/mol. The van der Waals surface area contributed by atoms with E-state index in [1.807, 2.05) is 24.3 Å². The van der Waals surface area contributed by atoms with E-state index in [-0.39, 0.29) is 27.7 Å². The Morgan fingerprint density at radius 1 is 1.11 bits per heavy atom. The molecule has 1 amide bonds. The first-order valence-electron chi connectivity index (χ1n) is 11.1. The smallest absolute Gasteiger partial charge is 0.338 e. The van der Waals surface area contributed by atoms with Crippen LogP contribution in [0.5, 0.6) is 0 Å². The molecule has 3 aromatic rings. The summed E-state index contributed by atoms with van der Waals surface area (Å²) >= 11 is 7.26. The van der Waals surface area contributed by atoms with Crippen molar-refractivity contribution in [3.05, 3.63) is 95.6 Å². The molecule has 0 spiro atoms. The van der Waals surface area contributed by atoms with E-state index in [9.17, 15) is 14.4 Å². The van der Waals surface area contributed by atoms with E-state index in [4.69, 9.17) is 16.3 Å². The van der Waals surface area contributed by atoms with Gasteiger partial charge in [0.2, 0.25) is 0 Å². The SMILES string of the molecule is CC1=C(C(=O)OC(C)C)[C@H](c2ccc(Cl)cc2)n2c(s/c(=C3\C(=O)N(C)c4ccccc43)c2=O)=N1. The van der Waals surface area contributed by atoms with Gasteiger partial charge in [-0.1, -0.05) is 53.3 Å². The number of fused-ring (bicyclic) bond motifs is 2. The number of hydrogen-bond acceptors (Lipinski definition) is 6. The summed E-state index contributed by atoms with van der Waals surface area (Å²) in [5, 5.41) is 0.534. The standard InChI is InChI=1S/C26H22ClN3O4S/c1-13(2)34-25(33)19-14(3)28-26-30(21(19)15-9-11-16(27)12-10-15)24(32)22(35-26)20-17-7-5-6-8-18(17)29(4)23(20)31/h5-13,21H,1-4H3/b22-20-/t21-/m0/s1. The van der Waals surface area contributed by atoms with Crippen LogP contribution in [-0.4, -0.2) is 29.6 Å². The third-order valence-corrected chi connectivity index (χ3v) is 7.33. The van der Waals surface area contributed by atoms with Crippen LogP contribution in [0.2, 0.25) is 5.02 Å². The molecule has 35 heavy (non-hydrogen) atoms. The van der Waals surface area contributed by atoms with Gasteiger partial charge in [-0.25, -0.2) is 9.79 Å². The van der Waals surface area contributed by atoms with E-state index in [2.05, 4.69) is 4.99 Å². The van der Waals surface area contributed by atoms with Gasteiger partial charge in [-0.05, 0) is 44.5 Å². The minimum atomic E-state index is -0.770. The number of thiazole rings is 1. The normalized spacial score (nSPS) is 18.5. The maximum absolute atomic E-state index is 13.9. The van der Waals surface area contributed by atoms with Crippen LogP contribution in [0.4, 0.5) is 5.69 Å². The van der Waals surface area contributed by atoms with Crippen LogP contribution >= 0.6 is 22.9 Å². The number of likely N-dealkylation sites (N-methyl/N-ethyl adjacent to an activating group) is 1. The zero-order valence-corrected chi connectivity index (χ0v) is 21.1. The number of halogens is 1. The first kappa shape index (κ1) is 23.3. The summed E-state index contributed by atoms with van der Waals surface area (Å²) in [5.41, 5.74) is 2.82. The fraction of sp³-hybridized carbons (Fsp3) is 0.231. The number of ether oxygens (including phenoxy) is 1. The van der Waals surface area contributed by atoms with E-state index < -0.39 is 12.0 Å². The molecule has 0 N–H and O–H groups in total. The largest absolute Gasteiger partial charge is 0.459 e. The molecule has 0 unspecified atom stereocenters. The lowest BCUT2D eigenvalue weighted by Crippen LogP contribution is -2.41. The number of aromatic nitrogens is 1. The van der Waals surface area contributed by atoms with Crippen molar-refractivity contribution in [2.75, 3.05) is 11.9 Å². The molecule has 0 aliphatic carbocycles. The minimum Gasteiger partial charge on any atom is -0.459 e. The van der Waals surface area contributed by atoms with Gasteiger partial charge in [-0.15, -0.1) is 0 Å². The maximum Gasteiger partial charge on any atom is 0.338 e. The third-order valence-electron chi connectivity index (χ3n) is 6.03. The molecular formula is C26H22ClN3O4S. The Hall–Kier alpha value is -3.49. The number of allylic oxidation sites excluding steroid dienone is 1. The summed E-state index contributed by atoms with van der Waals surface area (Å²) in [5.74, 6) is -0.796. The maximum atomic E-state index is 13.9. The van der Waals surface area contributed by atoms with Gasteiger partial charge in [0, 0.05) is 17.6 Å². The second kappa shape index (κ2) is 8.62. The number of rotatable bonds is 3. The van der Waals surface area contributed by atoms with Crippen molar-refractivity contribution < 1.29 is 14.3 Å². The van der Waals surface area contributed by atoms with Crippen LogP contribution < -0.4 is 19.8 Å². The van der Waals surface area contributed by atoms with Crippen LogP contribution in [-0.2, 0) is 14.3 Å². The topological polar surface area (TPSA) is 81.0 Å². The Morgan fingerprint density at radius 2 is 1.80 bits per heavy atom. The quantitative estimate of drug-likeness (QED) is 0.510. The van der Waals surface area contributed by atoms with Crippen molar-refractivity contribution in [2.24, 2.45) is 4.99 Å². The van der Waals surface area contributed by atoms with Gasteiger partial charge in [0.15, 0.2) is 4.80 Å². The van der Waals surface area contributed by atoms with Crippen LogP contribution in [0, 0.1) is 0 Å². The second-order valence-electron chi connectivity index (χ2n) is 8.66. The highest BCUT2D eigenvalue weighted by Crippen LogP contribution is 2.35. The van der Waals surface area contributed by atoms with Crippen molar-refractivity contribution in [3.63, 3.8) is 0 Å². The van der Waals surface area contributed by atoms with Gasteiger partial charge in [-0.2, -0.15) is 0 Å². The van der Waals surface area contributed by atoms with Crippen LogP contribution in [0.1, 0.15) is 37.9 Å². The molecule has 0 bridgehead atoms. The summed E-state index contributed by atoms with van der Waals surface area (Å²) in [7, 11) is 1.69. The molecule has 9 heteroatoms. The first-order valence-corrected chi connectivity index (χ1v) is 12.3. The predicted molar refractivity (Wildman–Crippen MR) is 135 cm³/mol. The molecule has 5 rings (SSSR count). The number of esters is 1. The van der Waals surface area contributed by atoms with Crippen molar-refractivity contribution in [2.45, 2.75) is 32.9 Å². The molecule has 1 atom stereocenters. The summed E-state index contributed by atoms with van der Waals surface area (Å²) in [6.07, 6.45) is -0.344. The van der Waals surface area contributed by atoms with Crippen molar-refractivity contribution in [1.82, 2.24) is 4.57 Å². The second-order valence-corrected chi connectivity index (χ2v) is 10.1. The highest BCUT2D eigenvalue weighted by molar-refractivity contribution is 7.07. The molecule has 3 heterocycles. The Bertz CT molecular complexity index is 1600. The van der Waals surface area contributed by atoms with E-state index >= 15 is 0 Å². The molecule has 2 aliphatic heterocycles. The zero-order valence-electron chi connectivity index (χ0n) is 19.5. The fourth-order valence-corrected chi connectivity index (χ4v) is 5.72. The van der Waals surface area contributed by atoms with Crippen LogP contribution in [0.3, 0.4) is 0 Å². The highest BCUT2D eigenvalue weighted by Gasteiger charge is 2.36. The number of para-hydroxylation sites is 1. The minimum absolute atomic E-state index is 0.255. The van der Waals surface area contributed by atoms with Crippen molar-refractivity contribution >= 4 is 46.1 Å². The summed E-state index contributed by atoms with van der Waals surface area (Å²) in [6.45, 7) is 5.26. The van der Waals surface area contributed by atoms with Gasteiger partial charge in [0.25, 0.3) is 11.5 Å². The van der Waals surface area contributed by atoms with Gasteiger partial charge in [-0.3, -0.25) is 14.2 Å². The van der Waals surface area contributed by atoms with E-state index in [0.29, 0.717) is 32.2 Å². The predicted octanol–water partition coefficient (Wildman–Crippen LogP) is 3.19. The Balaban J connectivity index is 1.82. The molecule has 2 aromatic carbocycles. The molecular weight excluding hydrogens is 486 g/mol. The number of carbonyl (C=O) groups is 2. The molecule has 0 fully saturated rings. The Morgan fingerprint density at radius 3 is 2.49 bits per heavy atom. The van der Waals surface area contributed by atoms with Gasteiger partial charge >= 0.3 is 5.97 Å². The number of amides is 1. The first-order chi connectivity index (χ1) is 16.7. The van der Waals surface area contributed by atoms with Gasteiger partial charge in [0.1, 0.15) is 4.53 Å². The molecule has 0 saturated carbocycles. The Kier molecular flexibility index (Phi) is 5.73. The lowest BCUT2D eigenvalue weighted by atomic mass is 9.96. The summed E-state index contributed by atoms with van der Waals surface area (Å²) in [4.78, 5) is 46.8. The fourth-order valence-electron chi connectivity index (χ4n) is 4.46. The molecule has 0 radical (unpaired) electrons. The van der Waals surface area contributed by atoms with Crippen molar-refractivity contribution in [3.8, 4) is 0 Å². The average Bonchev–Trinajstić information content (AvgIpc) is 3.26. The number of nitrogens with zero attached hydrogens (tertiary/aromatic N) is 3. The number of carbonyl (C=O) groups excluding carboxylic acids is 2. The van der Waals surface area contributed by atoms with E-state index in [0.717, 1.165) is 17.0 Å². The van der Waals surface area contributed by atoms with Gasteiger partial charge in [0.05, 0.1) is 34.7 Å². The lowest BCUT2D eigenvalue weighted by Gasteiger charge is -2.25. The lowest BCUT2D eigenvalue weighted by molar-refractivity contribution is -0.143. The molecule has 1 aromatic heterocycles. The van der Waals surface area contributed by atoms with Crippen LogP contribution in [0.15, 0.2) is 69.6 Å². The Labute approximate surface area is 210 Å². The number of benzene rings is 2. The van der Waals surface area contributed by atoms with E-state index in [1.165, 1.54) is 9.47 Å². The number of anilines is 1.